The lowest BCUT2D eigenvalue weighted by Gasteiger charge is -2.26. The number of rotatable bonds is 0. The quantitative estimate of drug-likeness (QED) is 0.471. The number of aliphatic hydroxyl groups excluding tert-OH is 1. The molecular weight excluding hydrogens is 132 g/mol. The first-order valence-corrected chi connectivity index (χ1v) is 3.83. The number of ether oxygens (including phenoxy) is 2. The molecule has 3 rings (SSSR count). The second-order valence-electron chi connectivity index (χ2n) is 3.40. The zero-order valence-corrected chi connectivity index (χ0v) is 5.56. The summed E-state index contributed by atoms with van der Waals surface area (Å²) < 4.78 is 10.9. The molecule has 0 spiro atoms. The van der Waals surface area contributed by atoms with E-state index in [0.717, 1.165) is 12.8 Å². The lowest BCUT2D eigenvalue weighted by molar-refractivity contribution is -0.101. The van der Waals surface area contributed by atoms with E-state index < -0.39 is 0 Å². The van der Waals surface area contributed by atoms with Gasteiger partial charge in [0.25, 0.3) is 0 Å². The van der Waals surface area contributed by atoms with Crippen molar-refractivity contribution < 1.29 is 14.6 Å². The van der Waals surface area contributed by atoms with Crippen molar-refractivity contribution in [2.45, 2.75) is 43.4 Å². The van der Waals surface area contributed by atoms with Gasteiger partial charge in [0.1, 0.15) is 12.2 Å². The van der Waals surface area contributed by atoms with Crippen LogP contribution >= 0.6 is 0 Å². The predicted molar refractivity (Wildman–Crippen MR) is 32.6 cm³/mol. The molecule has 56 valence electrons. The summed E-state index contributed by atoms with van der Waals surface area (Å²) in [6.07, 6.45) is 2.50. The van der Waals surface area contributed by atoms with Crippen LogP contribution in [0.5, 0.6) is 0 Å². The fraction of sp³-hybridized carbons (Fsp3) is 1.00. The molecule has 0 radical (unpaired) electrons. The first-order chi connectivity index (χ1) is 4.84. The van der Waals surface area contributed by atoms with Crippen LogP contribution in [0.3, 0.4) is 0 Å². The highest BCUT2D eigenvalue weighted by Gasteiger charge is 2.60. The Morgan fingerprint density at radius 3 is 2.20 bits per heavy atom. The van der Waals surface area contributed by atoms with Crippen LogP contribution in [0.15, 0.2) is 0 Å². The summed E-state index contributed by atoms with van der Waals surface area (Å²) in [6.45, 7) is 0. The third-order valence-corrected chi connectivity index (χ3v) is 2.65. The van der Waals surface area contributed by atoms with Crippen molar-refractivity contribution in [1.29, 1.82) is 0 Å². The molecule has 3 heterocycles. The van der Waals surface area contributed by atoms with E-state index in [0.29, 0.717) is 12.2 Å². The van der Waals surface area contributed by atoms with Gasteiger partial charge in [0, 0.05) is 12.8 Å². The van der Waals surface area contributed by atoms with Gasteiger partial charge in [-0.1, -0.05) is 0 Å². The molecule has 3 aliphatic rings. The van der Waals surface area contributed by atoms with E-state index in [-0.39, 0.29) is 18.3 Å². The second-order valence-corrected chi connectivity index (χ2v) is 3.40. The Morgan fingerprint density at radius 2 is 1.60 bits per heavy atom. The zero-order valence-electron chi connectivity index (χ0n) is 5.56. The fourth-order valence-electron chi connectivity index (χ4n) is 2.13. The molecule has 3 nitrogen and oxygen atoms in total. The highest BCUT2D eigenvalue weighted by molar-refractivity contribution is 5.07. The maximum Gasteiger partial charge on any atom is 0.113 e. The molecule has 2 bridgehead atoms. The van der Waals surface area contributed by atoms with E-state index in [4.69, 9.17) is 9.47 Å². The summed E-state index contributed by atoms with van der Waals surface area (Å²) >= 11 is 0. The number of hydrogen-bond donors (Lipinski definition) is 1. The van der Waals surface area contributed by atoms with Crippen molar-refractivity contribution in [3.05, 3.63) is 0 Å². The first kappa shape index (κ1) is 5.52. The van der Waals surface area contributed by atoms with Gasteiger partial charge in [0.15, 0.2) is 0 Å². The summed E-state index contributed by atoms with van der Waals surface area (Å²) in [7, 11) is 0. The third-order valence-electron chi connectivity index (χ3n) is 2.65. The molecule has 1 N–H and O–H groups in total. The average molecular weight is 142 g/mol. The monoisotopic (exact) mass is 142 g/mol. The van der Waals surface area contributed by atoms with E-state index >= 15 is 0 Å². The molecule has 10 heavy (non-hydrogen) atoms. The standard InChI is InChI=1S/C7H10O3/c8-3-1-4-6-7(10-6)5(2-3)9-4/h3-8H,1-2H2/t3?,4-,5+,6-,7+. The minimum absolute atomic E-state index is 0.139. The van der Waals surface area contributed by atoms with Gasteiger partial charge in [0.05, 0.1) is 18.3 Å². The van der Waals surface area contributed by atoms with Gasteiger partial charge in [-0.15, -0.1) is 0 Å². The summed E-state index contributed by atoms with van der Waals surface area (Å²) in [4.78, 5) is 0. The van der Waals surface area contributed by atoms with E-state index in [1.165, 1.54) is 0 Å². The average Bonchev–Trinajstić information content (AvgIpc) is 2.59. The topological polar surface area (TPSA) is 42.0 Å². The maximum atomic E-state index is 9.29. The number of epoxide rings is 1. The van der Waals surface area contributed by atoms with Crippen molar-refractivity contribution in [1.82, 2.24) is 0 Å². The lowest BCUT2D eigenvalue weighted by atomic mass is 10.1. The molecule has 0 aliphatic carbocycles. The highest BCUT2D eigenvalue weighted by Crippen LogP contribution is 2.46. The van der Waals surface area contributed by atoms with E-state index in [1.807, 2.05) is 0 Å². The second kappa shape index (κ2) is 1.55. The third kappa shape index (κ3) is 0.557. The van der Waals surface area contributed by atoms with E-state index in [2.05, 4.69) is 0 Å². The van der Waals surface area contributed by atoms with Crippen molar-refractivity contribution in [2.75, 3.05) is 0 Å². The molecule has 0 aromatic carbocycles. The Labute approximate surface area is 58.9 Å². The van der Waals surface area contributed by atoms with Gasteiger partial charge < -0.3 is 14.6 Å². The molecule has 3 saturated heterocycles. The van der Waals surface area contributed by atoms with Crippen LogP contribution in [0.25, 0.3) is 0 Å². The summed E-state index contributed by atoms with van der Waals surface area (Å²) in [6, 6.07) is 0. The summed E-state index contributed by atoms with van der Waals surface area (Å²) in [5.74, 6) is 0. The van der Waals surface area contributed by atoms with Crippen LogP contribution < -0.4 is 0 Å². The van der Waals surface area contributed by atoms with Gasteiger partial charge in [-0.25, -0.2) is 0 Å². The van der Waals surface area contributed by atoms with Crippen LogP contribution in [0.1, 0.15) is 12.8 Å². The maximum absolute atomic E-state index is 9.29. The molecule has 0 aromatic rings. The number of aliphatic hydroxyl groups is 1. The summed E-state index contributed by atoms with van der Waals surface area (Å²) in [5, 5.41) is 9.29. The SMILES string of the molecule is OC1C[C@@H]2O[C@H](C1)[C@H]1O[C@H]12. The predicted octanol–water partition coefficient (Wildman–Crippen LogP) is -0.324. The van der Waals surface area contributed by atoms with Crippen molar-refractivity contribution in [3.63, 3.8) is 0 Å². The first-order valence-electron chi connectivity index (χ1n) is 3.83. The van der Waals surface area contributed by atoms with Gasteiger partial charge in [0.2, 0.25) is 0 Å². The Bertz CT molecular complexity index is 154. The van der Waals surface area contributed by atoms with Crippen LogP contribution in [0, 0.1) is 0 Å². The Kier molecular flexibility index (Phi) is 0.854. The molecule has 0 amide bonds. The minimum Gasteiger partial charge on any atom is -0.393 e. The van der Waals surface area contributed by atoms with Crippen LogP contribution in [-0.2, 0) is 9.47 Å². The fourth-order valence-corrected chi connectivity index (χ4v) is 2.13. The molecule has 3 fully saturated rings. The van der Waals surface area contributed by atoms with Crippen LogP contribution in [0.2, 0.25) is 0 Å². The number of fused-ring (bicyclic) bond motifs is 5. The van der Waals surface area contributed by atoms with Gasteiger partial charge in [-0.3, -0.25) is 0 Å². The largest absolute Gasteiger partial charge is 0.393 e. The van der Waals surface area contributed by atoms with E-state index in [9.17, 15) is 5.11 Å². The summed E-state index contributed by atoms with van der Waals surface area (Å²) in [5.41, 5.74) is 0. The Balaban J connectivity index is 1.87. The molecule has 1 unspecified atom stereocenters. The highest BCUT2D eigenvalue weighted by atomic mass is 16.7. The van der Waals surface area contributed by atoms with Crippen LogP contribution in [-0.4, -0.2) is 35.6 Å². The van der Waals surface area contributed by atoms with E-state index in [1.54, 1.807) is 0 Å². The van der Waals surface area contributed by atoms with Crippen molar-refractivity contribution in [3.8, 4) is 0 Å². The Morgan fingerprint density at radius 1 is 1.00 bits per heavy atom. The van der Waals surface area contributed by atoms with Gasteiger partial charge in [-0.2, -0.15) is 0 Å². The molecule has 0 saturated carbocycles. The minimum atomic E-state index is -0.139. The molecular formula is C7H10O3. The molecule has 3 heteroatoms. The van der Waals surface area contributed by atoms with Crippen molar-refractivity contribution >= 4 is 0 Å². The smallest absolute Gasteiger partial charge is 0.113 e. The number of hydrogen-bond acceptors (Lipinski definition) is 3. The van der Waals surface area contributed by atoms with Gasteiger partial charge >= 0.3 is 0 Å². The van der Waals surface area contributed by atoms with Gasteiger partial charge in [-0.05, 0) is 0 Å². The molecule has 3 aliphatic heterocycles. The molecule has 0 aromatic heterocycles. The molecule has 5 atom stereocenters. The zero-order chi connectivity index (χ0) is 6.72. The lowest BCUT2D eigenvalue weighted by Crippen LogP contribution is -2.33. The van der Waals surface area contributed by atoms with Crippen molar-refractivity contribution in [2.24, 2.45) is 0 Å². The normalized spacial score (nSPS) is 63.9. The Hall–Kier alpha value is -0.120. The van der Waals surface area contributed by atoms with Crippen LogP contribution in [0.4, 0.5) is 0 Å².